The van der Waals surface area contributed by atoms with Gasteiger partial charge in [-0.3, -0.25) is 4.79 Å². The first-order valence-electron chi connectivity index (χ1n) is 7.34. The van der Waals surface area contributed by atoms with Gasteiger partial charge >= 0.3 is 0 Å². The van der Waals surface area contributed by atoms with Crippen molar-refractivity contribution in [2.75, 3.05) is 12.8 Å². The molecule has 1 aliphatic rings. The number of benzene rings is 1. The third kappa shape index (κ3) is 2.42. The molecule has 0 radical (unpaired) electrons. The highest BCUT2D eigenvalue weighted by Gasteiger charge is 2.28. The summed E-state index contributed by atoms with van der Waals surface area (Å²) in [5.41, 5.74) is 9.68. The van der Waals surface area contributed by atoms with Crippen molar-refractivity contribution in [2.45, 2.75) is 25.3 Å². The van der Waals surface area contributed by atoms with Crippen LogP contribution in [0.25, 0.3) is 0 Å². The van der Waals surface area contributed by atoms with Gasteiger partial charge in [0, 0.05) is 20.3 Å². The van der Waals surface area contributed by atoms with Crippen molar-refractivity contribution in [1.82, 2.24) is 9.47 Å². The number of hydrogen-bond donors (Lipinski definition) is 1. The van der Waals surface area contributed by atoms with E-state index in [9.17, 15) is 4.79 Å². The van der Waals surface area contributed by atoms with Crippen LogP contribution in [0.3, 0.4) is 0 Å². The van der Waals surface area contributed by atoms with E-state index in [0.29, 0.717) is 11.4 Å². The second kappa shape index (κ2) is 5.28. The second-order valence-corrected chi connectivity index (χ2v) is 5.79. The van der Waals surface area contributed by atoms with Crippen molar-refractivity contribution < 1.29 is 4.79 Å². The molecule has 1 aromatic heterocycles. The molecule has 0 bridgehead atoms. The number of nitrogen functional groups attached to an aromatic ring is 1. The summed E-state index contributed by atoms with van der Waals surface area (Å²) in [4.78, 5) is 14.6. The number of nitrogens with zero attached hydrogens (tertiary/aromatic N) is 2. The minimum absolute atomic E-state index is 0.0240. The highest BCUT2D eigenvalue weighted by molar-refractivity contribution is 5.94. The third-order valence-electron chi connectivity index (χ3n) is 4.37. The normalized spacial score (nSPS) is 17.3. The summed E-state index contributed by atoms with van der Waals surface area (Å²) in [5.74, 6) is 0.0240. The smallest absolute Gasteiger partial charge is 0.270 e. The molecule has 110 valence electrons. The number of carbonyl (C=O) groups excluding carboxylic acids is 1. The van der Waals surface area contributed by atoms with Gasteiger partial charge < -0.3 is 15.2 Å². The molecule has 0 spiro atoms. The van der Waals surface area contributed by atoms with E-state index in [-0.39, 0.29) is 11.9 Å². The fraction of sp³-hybridized carbons (Fsp3) is 0.353. The quantitative estimate of drug-likeness (QED) is 0.921. The molecule has 0 saturated heterocycles. The third-order valence-corrected chi connectivity index (χ3v) is 4.37. The van der Waals surface area contributed by atoms with Gasteiger partial charge in [0.25, 0.3) is 5.91 Å². The van der Waals surface area contributed by atoms with Crippen LogP contribution in [0.1, 0.15) is 40.5 Å². The Morgan fingerprint density at radius 3 is 2.86 bits per heavy atom. The Hall–Kier alpha value is -2.23. The molecule has 0 saturated carbocycles. The number of anilines is 1. The summed E-state index contributed by atoms with van der Waals surface area (Å²) < 4.78 is 1.79. The van der Waals surface area contributed by atoms with Crippen LogP contribution in [-0.2, 0) is 13.5 Å². The molecular formula is C17H21N3O. The monoisotopic (exact) mass is 283 g/mol. The zero-order chi connectivity index (χ0) is 15.0. The summed E-state index contributed by atoms with van der Waals surface area (Å²) in [7, 11) is 3.74. The first kappa shape index (κ1) is 13.7. The van der Waals surface area contributed by atoms with Crippen LogP contribution in [0.2, 0.25) is 0 Å². The van der Waals surface area contributed by atoms with Crippen molar-refractivity contribution in [3.63, 3.8) is 0 Å². The molecule has 1 aromatic carbocycles. The maximum absolute atomic E-state index is 12.7. The van der Waals surface area contributed by atoms with Gasteiger partial charge in [-0.15, -0.1) is 0 Å². The molecule has 4 heteroatoms. The fourth-order valence-electron chi connectivity index (χ4n) is 3.26. The number of aromatic nitrogens is 1. The zero-order valence-corrected chi connectivity index (χ0v) is 12.5. The van der Waals surface area contributed by atoms with Crippen LogP contribution in [0, 0.1) is 0 Å². The molecule has 1 atom stereocenters. The Morgan fingerprint density at radius 2 is 2.14 bits per heavy atom. The predicted molar refractivity (Wildman–Crippen MR) is 84.0 cm³/mol. The summed E-state index contributed by atoms with van der Waals surface area (Å²) in [5, 5.41) is 0. The lowest BCUT2D eigenvalue weighted by Crippen LogP contribution is -2.34. The first-order chi connectivity index (χ1) is 10.1. The van der Waals surface area contributed by atoms with Gasteiger partial charge in [0.15, 0.2) is 0 Å². The lowest BCUT2D eigenvalue weighted by molar-refractivity contribution is 0.0705. The number of amides is 1. The number of rotatable bonds is 2. The zero-order valence-electron chi connectivity index (χ0n) is 12.5. The van der Waals surface area contributed by atoms with Crippen LogP contribution < -0.4 is 5.73 Å². The summed E-state index contributed by atoms with van der Waals surface area (Å²) in [6, 6.07) is 10.3. The Labute approximate surface area is 125 Å². The van der Waals surface area contributed by atoms with Crippen LogP contribution in [0.4, 0.5) is 5.69 Å². The van der Waals surface area contributed by atoms with E-state index < -0.39 is 0 Å². The van der Waals surface area contributed by atoms with E-state index in [1.807, 2.05) is 19.0 Å². The molecule has 0 aliphatic heterocycles. The van der Waals surface area contributed by atoms with Crippen LogP contribution in [-0.4, -0.2) is 22.4 Å². The summed E-state index contributed by atoms with van der Waals surface area (Å²) in [6.07, 6.45) is 5.01. The molecule has 1 unspecified atom stereocenters. The van der Waals surface area contributed by atoms with E-state index in [1.165, 1.54) is 11.1 Å². The van der Waals surface area contributed by atoms with Gasteiger partial charge in [0.05, 0.1) is 11.7 Å². The number of aryl methyl sites for hydroxylation is 2. The first-order valence-corrected chi connectivity index (χ1v) is 7.34. The Morgan fingerprint density at radius 1 is 1.38 bits per heavy atom. The highest BCUT2D eigenvalue weighted by Crippen LogP contribution is 2.34. The molecule has 21 heavy (non-hydrogen) atoms. The largest absolute Gasteiger partial charge is 0.397 e. The molecular weight excluding hydrogens is 262 g/mol. The lowest BCUT2D eigenvalue weighted by Gasteiger charge is -2.33. The van der Waals surface area contributed by atoms with Gasteiger partial charge in [0.2, 0.25) is 0 Å². The van der Waals surface area contributed by atoms with Gasteiger partial charge in [-0.25, -0.2) is 0 Å². The van der Waals surface area contributed by atoms with Gasteiger partial charge in [-0.1, -0.05) is 24.3 Å². The molecule has 3 rings (SSSR count). The minimum Gasteiger partial charge on any atom is -0.397 e. The standard InChI is InChI=1S/C17H21N3O/c1-19-11-13(18)10-16(19)17(21)20(2)15-9-5-7-12-6-3-4-8-14(12)15/h3-4,6,8,10-11,15H,5,7,9,18H2,1-2H3. The topological polar surface area (TPSA) is 51.3 Å². The van der Waals surface area contributed by atoms with Crippen LogP contribution in [0.5, 0.6) is 0 Å². The van der Waals surface area contributed by atoms with Crippen molar-refractivity contribution in [3.8, 4) is 0 Å². The molecule has 2 aromatic rings. The van der Waals surface area contributed by atoms with Gasteiger partial charge in [-0.2, -0.15) is 0 Å². The van der Waals surface area contributed by atoms with Crippen LogP contribution >= 0.6 is 0 Å². The van der Waals surface area contributed by atoms with Crippen molar-refractivity contribution in [2.24, 2.45) is 7.05 Å². The highest BCUT2D eigenvalue weighted by atomic mass is 16.2. The predicted octanol–water partition coefficient (Wildman–Crippen LogP) is 2.76. The Bertz CT molecular complexity index is 674. The van der Waals surface area contributed by atoms with Gasteiger partial charge in [0.1, 0.15) is 5.69 Å². The fourth-order valence-corrected chi connectivity index (χ4v) is 3.26. The van der Waals surface area contributed by atoms with E-state index in [4.69, 9.17) is 5.73 Å². The molecule has 4 nitrogen and oxygen atoms in total. The lowest BCUT2D eigenvalue weighted by atomic mass is 9.87. The second-order valence-electron chi connectivity index (χ2n) is 5.79. The average molecular weight is 283 g/mol. The number of carbonyl (C=O) groups is 1. The molecule has 1 amide bonds. The number of hydrogen-bond acceptors (Lipinski definition) is 2. The van der Waals surface area contributed by atoms with Crippen molar-refractivity contribution in [3.05, 3.63) is 53.3 Å². The minimum atomic E-state index is 0.0240. The van der Waals surface area contributed by atoms with Crippen molar-refractivity contribution >= 4 is 11.6 Å². The van der Waals surface area contributed by atoms with E-state index in [2.05, 4.69) is 24.3 Å². The van der Waals surface area contributed by atoms with Gasteiger partial charge in [-0.05, 0) is 36.5 Å². The SMILES string of the molecule is CN(C(=O)c1cc(N)cn1C)C1CCCc2ccccc21. The number of nitrogens with two attached hydrogens (primary N) is 1. The van der Waals surface area contributed by atoms with E-state index in [1.54, 1.807) is 16.8 Å². The van der Waals surface area contributed by atoms with E-state index >= 15 is 0 Å². The Balaban J connectivity index is 1.91. The van der Waals surface area contributed by atoms with Crippen molar-refractivity contribution in [1.29, 1.82) is 0 Å². The maximum Gasteiger partial charge on any atom is 0.270 e. The summed E-state index contributed by atoms with van der Waals surface area (Å²) in [6.45, 7) is 0. The Kier molecular flexibility index (Phi) is 3.45. The maximum atomic E-state index is 12.7. The van der Waals surface area contributed by atoms with E-state index in [0.717, 1.165) is 19.3 Å². The average Bonchev–Trinajstić information content (AvgIpc) is 2.84. The molecule has 1 aliphatic carbocycles. The van der Waals surface area contributed by atoms with Crippen LogP contribution in [0.15, 0.2) is 36.5 Å². The summed E-state index contributed by atoms with van der Waals surface area (Å²) >= 11 is 0. The molecule has 0 fully saturated rings. The number of fused-ring (bicyclic) bond motifs is 1. The molecule has 1 heterocycles. The molecule has 2 N–H and O–H groups in total.